The van der Waals surface area contributed by atoms with Crippen LogP contribution in [0.15, 0.2) is 425 Å². The third-order valence-corrected chi connectivity index (χ3v) is 21.7. The molecule has 0 N–H and O–H groups in total. The van der Waals surface area contributed by atoms with E-state index >= 15 is 24.0 Å². The molecule has 2 saturated heterocycles. The highest BCUT2D eigenvalue weighted by molar-refractivity contribution is 5.92. The van der Waals surface area contributed by atoms with Crippen LogP contribution in [0.5, 0.6) is 0 Å². The zero-order chi connectivity index (χ0) is 82.0. The van der Waals surface area contributed by atoms with Crippen molar-refractivity contribution < 1.29 is 76.1 Å². The van der Waals surface area contributed by atoms with Crippen molar-refractivity contribution >= 4 is 29.8 Å². The predicted molar refractivity (Wildman–Crippen MR) is 451 cm³/mol. The minimum atomic E-state index is -2.78. The van der Waals surface area contributed by atoms with Crippen LogP contribution in [-0.4, -0.2) is 104 Å². The molecule has 0 aliphatic carbocycles. The molecule has 0 aromatic heterocycles. The van der Waals surface area contributed by atoms with Crippen molar-refractivity contribution in [3.05, 3.63) is 503 Å². The van der Waals surface area contributed by atoms with Crippen molar-refractivity contribution in [1.82, 2.24) is 0 Å². The molecule has 14 aromatic carbocycles. The quantitative estimate of drug-likeness (QED) is 0.0235. The van der Waals surface area contributed by atoms with Crippen LogP contribution in [0.25, 0.3) is 0 Å². The summed E-state index contributed by atoms with van der Waals surface area (Å²) >= 11 is 0. The number of hydrogen-bond donors (Lipinski definition) is 0. The zero-order valence-electron chi connectivity index (χ0n) is 65.2. The van der Waals surface area contributed by atoms with Crippen molar-refractivity contribution in [3.63, 3.8) is 0 Å². The van der Waals surface area contributed by atoms with Gasteiger partial charge in [-0.1, -0.05) is 364 Å². The Kier molecular flexibility index (Phi) is 24.8. The molecule has 0 unspecified atom stereocenters. The Balaban J connectivity index is 0.965. The predicted octanol–water partition coefficient (Wildman–Crippen LogP) is 19.0. The van der Waals surface area contributed by atoms with Crippen LogP contribution in [-0.2, 0) is 68.9 Å². The van der Waals surface area contributed by atoms with Crippen molar-refractivity contribution in [2.75, 3.05) is 19.8 Å². The normalized spacial score (nSPS) is 19.0. The lowest BCUT2D eigenvalue weighted by atomic mass is 9.80. The van der Waals surface area contributed by atoms with Gasteiger partial charge in [-0.25, -0.2) is 24.0 Å². The van der Waals surface area contributed by atoms with Gasteiger partial charge in [0.1, 0.15) is 35.6 Å². The van der Waals surface area contributed by atoms with Crippen LogP contribution < -0.4 is 0 Å². The number of carbonyl (C=O) groups excluding carboxylic acids is 5. The molecule has 9 atom stereocenters. The average molecular weight is 1590 g/mol. The fraction of sp³-hybridized carbons (Fsp3) is 0.144. The van der Waals surface area contributed by atoms with E-state index in [9.17, 15) is 0 Å². The lowest BCUT2D eigenvalue weighted by Crippen LogP contribution is -2.66. The van der Waals surface area contributed by atoms with Gasteiger partial charge < -0.3 is 52.1 Å². The summed E-state index contributed by atoms with van der Waals surface area (Å²) < 4.78 is 82.4. The first kappa shape index (κ1) is 80.0. The van der Waals surface area contributed by atoms with Gasteiger partial charge in [0.15, 0.2) is 30.5 Å². The lowest BCUT2D eigenvalue weighted by Gasteiger charge is -2.48. The summed E-state index contributed by atoms with van der Waals surface area (Å²) in [6.07, 6.45) is -15.1. The molecule has 0 bridgehead atoms. The number of ether oxygens (including phenoxy) is 11. The molecule has 0 saturated carbocycles. The standard InChI is InChI=1S/C104H84O16/c105-95(74-43-15-1-16-44-74)114-90-88(71-110-102(79-53-25-6-26-54-79,80-55-27-7-28-56-80)81-57-29-8-30-58-81)113-100(93(117-98(108)77-49-21-4-22-50-77)92(90)116-97(107)76-47-19-3-20-48-76)120-101(73-112-104(85-65-37-12-38-66-85,86-67-39-13-40-68-86)87-69-41-14-42-70-87)94(118-99(109)78-51-23-5-24-52-78)91(115-96(106)75-45-17-2-18-46-75)89(119-101)72-111-103(82-59-31-9-32-60-82,83-61-33-10-34-62-83)84-63-35-11-36-64-84/h1-70,88-94,100H,71-73H2/t88-,89-,90-,91-,92+,93-,94+,100-,101+/m1/s1. The molecule has 0 radical (unpaired) electrons. The summed E-state index contributed by atoms with van der Waals surface area (Å²) in [4.78, 5) is 78.9. The first-order valence-electron chi connectivity index (χ1n) is 39.8. The number of hydrogen-bond acceptors (Lipinski definition) is 16. The minimum absolute atomic E-state index is 0.0260. The first-order valence-corrected chi connectivity index (χ1v) is 39.8. The van der Waals surface area contributed by atoms with E-state index in [1.54, 1.807) is 140 Å². The van der Waals surface area contributed by atoms with E-state index in [0.29, 0.717) is 50.1 Å². The molecule has 2 fully saturated rings. The van der Waals surface area contributed by atoms with Crippen molar-refractivity contribution in [3.8, 4) is 0 Å². The number of benzene rings is 14. The van der Waals surface area contributed by atoms with Crippen LogP contribution in [0.4, 0.5) is 0 Å². The molecule has 14 aromatic rings. The van der Waals surface area contributed by atoms with E-state index in [0.717, 1.165) is 0 Å². The fourth-order valence-corrected chi connectivity index (χ4v) is 16.0. The summed E-state index contributed by atoms with van der Waals surface area (Å²) in [5.74, 6) is -7.45. The number of carbonyl (C=O) groups is 5. The molecule has 2 heterocycles. The highest BCUT2D eigenvalue weighted by Gasteiger charge is 2.66. The smallest absolute Gasteiger partial charge is 0.338 e. The Morgan fingerprint density at radius 1 is 0.242 bits per heavy atom. The van der Waals surface area contributed by atoms with Crippen molar-refractivity contribution in [2.45, 2.75) is 71.6 Å². The Morgan fingerprint density at radius 2 is 0.458 bits per heavy atom. The molecular formula is C104H84O16. The first-order chi connectivity index (χ1) is 59.0. The Bertz CT molecular complexity index is 5360. The van der Waals surface area contributed by atoms with E-state index in [4.69, 9.17) is 52.1 Å². The molecule has 2 aliphatic rings. The molecule has 16 rings (SSSR count). The van der Waals surface area contributed by atoms with Crippen LogP contribution in [0.3, 0.4) is 0 Å². The zero-order valence-corrected chi connectivity index (χ0v) is 65.2. The third kappa shape index (κ3) is 17.0. The summed E-state index contributed by atoms with van der Waals surface area (Å²) in [6.45, 7) is -1.91. The Hall–Kier alpha value is -13.8. The maximum absolute atomic E-state index is 16.1. The topological polar surface area (TPSA) is 187 Å². The SMILES string of the molecule is O=C(O[C@@H]1[C@@H](OC(=O)c2ccccc2)[C@@H](O[C@]2(COC(c3ccccc3)(c3ccccc3)c3ccccc3)O[C@H](COC(c3ccccc3)(c3ccccc3)c3ccccc3)[C@@H](OC(=O)c3ccccc3)[C@@H]2OC(=O)c2ccccc2)O[C@H](COC(c2ccccc2)(c2ccccc2)c2ccccc2)[C@H]1OC(=O)c1ccccc1)c1ccccc1. The van der Waals surface area contributed by atoms with Crippen LogP contribution >= 0.6 is 0 Å². The van der Waals surface area contributed by atoms with Gasteiger partial charge in [0.05, 0.1) is 41.0 Å². The molecule has 2 aliphatic heterocycles. The summed E-state index contributed by atoms with van der Waals surface area (Å²) in [5, 5.41) is 0. The maximum atomic E-state index is 16.1. The molecule has 0 spiro atoms. The molecule has 16 heteroatoms. The van der Waals surface area contributed by atoms with E-state index in [1.165, 1.54) is 12.1 Å². The van der Waals surface area contributed by atoms with Gasteiger partial charge in [0, 0.05) is 0 Å². The molecule has 0 amide bonds. The van der Waals surface area contributed by atoms with E-state index in [-0.39, 0.29) is 27.8 Å². The Labute approximate surface area is 696 Å². The minimum Gasteiger partial charge on any atom is -0.452 e. The molecule has 120 heavy (non-hydrogen) atoms. The molecular weight excluding hydrogens is 1510 g/mol. The summed E-state index contributed by atoms with van der Waals surface area (Å²) in [7, 11) is 0. The van der Waals surface area contributed by atoms with Gasteiger partial charge >= 0.3 is 29.8 Å². The highest BCUT2D eigenvalue weighted by atomic mass is 16.8. The van der Waals surface area contributed by atoms with Gasteiger partial charge in [0.25, 0.3) is 0 Å². The van der Waals surface area contributed by atoms with Gasteiger partial charge in [-0.3, -0.25) is 0 Å². The monoisotopic (exact) mass is 1590 g/mol. The van der Waals surface area contributed by atoms with Crippen LogP contribution in [0.1, 0.15) is 102 Å². The van der Waals surface area contributed by atoms with Gasteiger partial charge in [-0.15, -0.1) is 0 Å². The third-order valence-electron chi connectivity index (χ3n) is 21.7. The second-order valence-electron chi connectivity index (χ2n) is 29.0. The lowest BCUT2D eigenvalue weighted by molar-refractivity contribution is -0.387. The largest absolute Gasteiger partial charge is 0.452 e. The number of rotatable bonds is 30. The van der Waals surface area contributed by atoms with E-state index in [1.807, 2.05) is 273 Å². The maximum Gasteiger partial charge on any atom is 0.338 e. The summed E-state index contributed by atoms with van der Waals surface area (Å²) in [5.41, 5.74) is 1.50. The van der Waals surface area contributed by atoms with Crippen LogP contribution in [0.2, 0.25) is 0 Å². The Morgan fingerprint density at radius 3 is 0.733 bits per heavy atom. The summed E-state index contributed by atoms with van der Waals surface area (Å²) in [6, 6.07) is 127. The van der Waals surface area contributed by atoms with Gasteiger partial charge in [-0.05, 0) is 111 Å². The molecule has 596 valence electrons. The van der Waals surface area contributed by atoms with Crippen LogP contribution in [0, 0.1) is 0 Å². The van der Waals surface area contributed by atoms with E-state index < -0.39 is 121 Å². The fourth-order valence-electron chi connectivity index (χ4n) is 16.0. The van der Waals surface area contributed by atoms with Crippen molar-refractivity contribution in [1.29, 1.82) is 0 Å². The second kappa shape index (κ2) is 37.2. The molecule has 16 nitrogen and oxygen atoms in total. The average Bonchev–Trinajstić information content (AvgIpc) is 1.46. The van der Waals surface area contributed by atoms with Gasteiger partial charge in [0.2, 0.25) is 12.1 Å². The number of esters is 5. The van der Waals surface area contributed by atoms with Gasteiger partial charge in [-0.2, -0.15) is 0 Å². The second-order valence-corrected chi connectivity index (χ2v) is 29.0. The van der Waals surface area contributed by atoms with E-state index in [2.05, 4.69) is 0 Å². The van der Waals surface area contributed by atoms with Crippen molar-refractivity contribution in [2.24, 2.45) is 0 Å². The highest BCUT2D eigenvalue weighted by Crippen LogP contribution is 2.50.